The van der Waals surface area contributed by atoms with E-state index in [1.54, 1.807) is 17.7 Å². The summed E-state index contributed by atoms with van der Waals surface area (Å²) < 4.78 is 14.6. The van der Waals surface area contributed by atoms with Gasteiger partial charge in [0.05, 0.1) is 18.9 Å². The van der Waals surface area contributed by atoms with E-state index in [1.165, 1.54) is 0 Å². The van der Waals surface area contributed by atoms with Crippen LogP contribution in [0.2, 0.25) is 5.02 Å². The molecule has 0 saturated heterocycles. The van der Waals surface area contributed by atoms with Gasteiger partial charge in [0.15, 0.2) is 11.5 Å². The lowest BCUT2D eigenvalue weighted by Gasteiger charge is -2.20. The molecule has 0 spiro atoms. The van der Waals surface area contributed by atoms with Gasteiger partial charge in [0.25, 0.3) is 5.56 Å². The minimum atomic E-state index is -0.124. The van der Waals surface area contributed by atoms with Crippen LogP contribution in [0.3, 0.4) is 0 Å². The van der Waals surface area contributed by atoms with E-state index in [0.717, 1.165) is 37.7 Å². The molecule has 0 radical (unpaired) electrons. The SMILES string of the molecule is CC[C@@H](C)Oc1cc2c(-c3ccc(Cl)cc3)n(-c3ccc(I)cc3)c(=O)cc2cc1OC. The van der Waals surface area contributed by atoms with Crippen LogP contribution in [0.15, 0.2) is 71.5 Å². The Hall–Kier alpha value is -2.51. The van der Waals surface area contributed by atoms with E-state index < -0.39 is 0 Å². The Labute approximate surface area is 205 Å². The number of pyridine rings is 1. The first kappa shape index (κ1) is 22.7. The van der Waals surface area contributed by atoms with Crippen LogP contribution in [0.25, 0.3) is 27.7 Å². The summed E-state index contributed by atoms with van der Waals surface area (Å²) in [5.74, 6) is 1.25. The Morgan fingerprint density at radius 1 is 1.00 bits per heavy atom. The molecule has 1 aromatic heterocycles. The number of hydrogen-bond donors (Lipinski definition) is 0. The molecule has 4 rings (SSSR count). The fourth-order valence-electron chi connectivity index (χ4n) is 3.62. The summed E-state index contributed by atoms with van der Waals surface area (Å²) in [5, 5.41) is 2.32. The number of methoxy groups -OCH3 is 1. The molecule has 6 heteroatoms. The van der Waals surface area contributed by atoms with Crippen LogP contribution >= 0.6 is 34.2 Å². The molecule has 164 valence electrons. The summed E-state index contributed by atoms with van der Waals surface area (Å²) in [6.45, 7) is 4.10. The second-order valence-electron chi connectivity index (χ2n) is 7.58. The van der Waals surface area contributed by atoms with Crippen LogP contribution in [0.5, 0.6) is 11.5 Å². The van der Waals surface area contributed by atoms with E-state index in [0.29, 0.717) is 16.5 Å². The second kappa shape index (κ2) is 9.55. The van der Waals surface area contributed by atoms with Crippen molar-refractivity contribution in [1.29, 1.82) is 0 Å². The fraction of sp³-hybridized carbons (Fsp3) is 0.192. The number of halogens is 2. The molecule has 0 aliphatic carbocycles. The molecule has 0 N–H and O–H groups in total. The molecule has 0 saturated carbocycles. The number of aromatic nitrogens is 1. The van der Waals surface area contributed by atoms with E-state index in [1.807, 2.05) is 67.6 Å². The van der Waals surface area contributed by atoms with Gasteiger partial charge in [-0.3, -0.25) is 9.36 Å². The molecule has 4 aromatic rings. The third-order valence-electron chi connectivity index (χ3n) is 5.42. The average Bonchev–Trinajstić information content (AvgIpc) is 2.79. The molecule has 0 fully saturated rings. The van der Waals surface area contributed by atoms with Crippen LogP contribution in [0.4, 0.5) is 0 Å². The minimum absolute atomic E-state index is 0.0300. The van der Waals surface area contributed by atoms with E-state index >= 15 is 0 Å². The summed E-state index contributed by atoms with van der Waals surface area (Å²) in [4.78, 5) is 13.4. The maximum absolute atomic E-state index is 13.4. The van der Waals surface area contributed by atoms with Gasteiger partial charge in [0.2, 0.25) is 0 Å². The number of nitrogens with zero attached hydrogens (tertiary/aromatic N) is 1. The molecule has 4 nitrogen and oxygen atoms in total. The minimum Gasteiger partial charge on any atom is -0.493 e. The molecule has 0 aliphatic rings. The monoisotopic (exact) mass is 559 g/mol. The van der Waals surface area contributed by atoms with Crippen molar-refractivity contribution in [3.63, 3.8) is 0 Å². The molecule has 1 heterocycles. The molecule has 32 heavy (non-hydrogen) atoms. The summed E-state index contributed by atoms with van der Waals surface area (Å²) in [6, 6.07) is 20.9. The topological polar surface area (TPSA) is 40.5 Å². The first-order valence-electron chi connectivity index (χ1n) is 10.4. The smallest absolute Gasteiger partial charge is 0.256 e. The van der Waals surface area contributed by atoms with Gasteiger partial charge in [-0.25, -0.2) is 0 Å². The van der Waals surface area contributed by atoms with Gasteiger partial charge in [-0.05, 0) is 95.4 Å². The predicted octanol–water partition coefficient (Wildman–Crippen LogP) is 7.10. The van der Waals surface area contributed by atoms with E-state index in [2.05, 4.69) is 29.5 Å². The van der Waals surface area contributed by atoms with Gasteiger partial charge in [-0.2, -0.15) is 0 Å². The highest BCUT2D eigenvalue weighted by atomic mass is 127. The summed E-state index contributed by atoms with van der Waals surface area (Å²) >= 11 is 8.41. The Bertz CT molecular complexity index is 1310. The highest BCUT2D eigenvalue weighted by Crippen LogP contribution is 2.38. The fourth-order valence-corrected chi connectivity index (χ4v) is 4.10. The zero-order chi connectivity index (χ0) is 22.8. The average molecular weight is 560 g/mol. The molecular formula is C26H23ClINO3. The standard InChI is InChI=1S/C26H23ClINO3/c1-4-16(2)32-24-15-22-18(13-23(24)31-3)14-25(30)29(21-11-9-20(28)10-12-21)26(22)17-5-7-19(27)8-6-17/h5-16H,4H2,1-3H3/t16-/m1/s1. The lowest BCUT2D eigenvalue weighted by atomic mass is 10.0. The van der Waals surface area contributed by atoms with E-state index in [4.69, 9.17) is 21.1 Å². The van der Waals surface area contributed by atoms with Crippen LogP contribution in [-0.4, -0.2) is 17.8 Å². The van der Waals surface area contributed by atoms with Crippen molar-refractivity contribution in [2.45, 2.75) is 26.4 Å². The van der Waals surface area contributed by atoms with Crippen LogP contribution in [0.1, 0.15) is 20.3 Å². The van der Waals surface area contributed by atoms with Crippen molar-refractivity contribution < 1.29 is 9.47 Å². The van der Waals surface area contributed by atoms with Crippen molar-refractivity contribution in [3.8, 4) is 28.4 Å². The van der Waals surface area contributed by atoms with Crippen molar-refractivity contribution in [1.82, 2.24) is 4.57 Å². The van der Waals surface area contributed by atoms with Gasteiger partial charge >= 0.3 is 0 Å². The Kier molecular flexibility index (Phi) is 6.76. The lowest BCUT2D eigenvalue weighted by Crippen LogP contribution is -2.20. The quantitative estimate of drug-likeness (QED) is 0.237. The first-order valence-corrected chi connectivity index (χ1v) is 11.8. The third-order valence-corrected chi connectivity index (χ3v) is 6.39. The molecule has 1 atom stereocenters. The van der Waals surface area contributed by atoms with Crippen LogP contribution in [0, 0.1) is 3.57 Å². The van der Waals surface area contributed by atoms with Gasteiger partial charge < -0.3 is 9.47 Å². The van der Waals surface area contributed by atoms with Gasteiger partial charge in [-0.15, -0.1) is 0 Å². The maximum atomic E-state index is 13.4. The summed E-state index contributed by atoms with van der Waals surface area (Å²) in [6.07, 6.45) is 0.898. The number of rotatable bonds is 6. The lowest BCUT2D eigenvalue weighted by molar-refractivity contribution is 0.208. The highest BCUT2D eigenvalue weighted by molar-refractivity contribution is 14.1. The van der Waals surface area contributed by atoms with Crippen LogP contribution < -0.4 is 15.0 Å². The number of benzene rings is 3. The molecule has 0 amide bonds. The Morgan fingerprint density at radius 3 is 2.31 bits per heavy atom. The third kappa shape index (κ3) is 4.50. The first-order chi connectivity index (χ1) is 15.4. The summed E-state index contributed by atoms with van der Waals surface area (Å²) in [7, 11) is 1.61. The maximum Gasteiger partial charge on any atom is 0.256 e. The molecular weight excluding hydrogens is 537 g/mol. The normalized spacial score (nSPS) is 12.0. The molecule has 3 aromatic carbocycles. The zero-order valence-corrected chi connectivity index (χ0v) is 21.0. The Balaban J connectivity index is 2.09. The van der Waals surface area contributed by atoms with Gasteiger partial charge in [0, 0.05) is 25.7 Å². The number of fused-ring (bicyclic) bond motifs is 1. The van der Waals surface area contributed by atoms with Crippen LogP contribution in [-0.2, 0) is 0 Å². The molecule has 0 unspecified atom stereocenters. The largest absolute Gasteiger partial charge is 0.493 e. The van der Waals surface area contributed by atoms with Crippen molar-refractivity contribution >= 4 is 45.0 Å². The van der Waals surface area contributed by atoms with E-state index in [-0.39, 0.29) is 11.7 Å². The second-order valence-corrected chi connectivity index (χ2v) is 9.26. The van der Waals surface area contributed by atoms with Crippen molar-refractivity contribution in [3.05, 3.63) is 85.7 Å². The van der Waals surface area contributed by atoms with Gasteiger partial charge in [0.1, 0.15) is 0 Å². The highest BCUT2D eigenvalue weighted by Gasteiger charge is 2.18. The Morgan fingerprint density at radius 2 is 1.69 bits per heavy atom. The predicted molar refractivity (Wildman–Crippen MR) is 140 cm³/mol. The molecule has 0 bridgehead atoms. The number of ether oxygens (including phenoxy) is 2. The van der Waals surface area contributed by atoms with Crippen molar-refractivity contribution in [2.75, 3.05) is 7.11 Å². The van der Waals surface area contributed by atoms with Gasteiger partial charge in [-0.1, -0.05) is 30.7 Å². The zero-order valence-electron chi connectivity index (χ0n) is 18.1. The molecule has 0 aliphatic heterocycles. The number of hydrogen-bond acceptors (Lipinski definition) is 3. The van der Waals surface area contributed by atoms with Crippen molar-refractivity contribution in [2.24, 2.45) is 0 Å². The summed E-state index contributed by atoms with van der Waals surface area (Å²) in [5.41, 5.74) is 2.33. The van der Waals surface area contributed by atoms with E-state index in [9.17, 15) is 4.79 Å².